The quantitative estimate of drug-likeness (QED) is 0.288. The predicted molar refractivity (Wildman–Crippen MR) is 124 cm³/mol. The van der Waals surface area contributed by atoms with Crippen LogP contribution in [0.25, 0.3) is 0 Å². The maximum Gasteiger partial charge on any atom is 0.335 e. The van der Waals surface area contributed by atoms with Crippen molar-refractivity contribution < 1.29 is 23.8 Å². The summed E-state index contributed by atoms with van der Waals surface area (Å²) in [5.41, 5.74) is 0.902. The van der Waals surface area contributed by atoms with E-state index in [2.05, 4.69) is 12.2 Å². The first-order chi connectivity index (χ1) is 15.0. The van der Waals surface area contributed by atoms with Crippen molar-refractivity contribution in [3.63, 3.8) is 0 Å². The molecule has 2 aromatic rings. The van der Waals surface area contributed by atoms with Crippen molar-refractivity contribution in [1.29, 1.82) is 0 Å². The van der Waals surface area contributed by atoms with Crippen LogP contribution in [0.2, 0.25) is 0 Å². The van der Waals surface area contributed by atoms with E-state index in [9.17, 15) is 9.59 Å². The maximum atomic E-state index is 13.1. The van der Waals surface area contributed by atoms with Gasteiger partial charge < -0.3 is 19.5 Å². The van der Waals surface area contributed by atoms with E-state index in [0.29, 0.717) is 17.9 Å². The largest absolute Gasteiger partial charge is 0.497 e. The smallest absolute Gasteiger partial charge is 0.335 e. The number of benzene rings is 2. The lowest BCUT2D eigenvalue weighted by Gasteiger charge is -2.26. The number of methoxy groups -OCH3 is 2. The Balaban J connectivity index is 2.23. The first-order valence-electron chi connectivity index (χ1n) is 10.3. The van der Waals surface area contributed by atoms with Gasteiger partial charge >= 0.3 is 5.97 Å². The molecule has 7 heteroatoms. The molecule has 168 valence electrons. The van der Waals surface area contributed by atoms with Crippen molar-refractivity contribution in [3.8, 4) is 17.2 Å². The van der Waals surface area contributed by atoms with Crippen molar-refractivity contribution in [3.05, 3.63) is 54.1 Å². The number of esters is 1. The van der Waals surface area contributed by atoms with Gasteiger partial charge in [-0.1, -0.05) is 31.9 Å². The molecule has 0 aromatic heterocycles. The second kappa shape index (κ2) is 12.9. The van der Waals surface area contributed by atoms with Crippen LogP contribution in [0, 0.1) is 0 Å². The molecule has 0 aliphatic heterocycles. The van der Waals surface area contributed by atoms with Gasteiger partial charge in [-0.05, 0) is 54.6 Å². The molecule has 2 rings (SSSR count). The van der Waals surface area contributed by atoms with E-state index in [4.69, 9.17) is 14.2 Å². The summed E-state index contributed by atoms with van der Waals surface area (Å²) in [5, 5.41) is 2.59. The normalized spacial score (nSPS) is 12.5. The van der Waals surface area contributed by atoms with E-state index in [0.717, 1.165) is 30.6 Å². The number of ether oxygens (including phenoxy) is 3. The molecular weight excluding hydrogens is 414 g/mol. The summed E-state index contributed by atoms with van der Waals surface area (Å²) in [5.74, 6) is 1.12. The number of carbonyl (C=O) groups excluding carboxylic acids is 2. The Morgan fingerprint density at radius 2 is 1.45 bits per heavy atom. The molecule has 0 aliphatic rings. The second-order valence-electron chi connectivity index (χ2n) is 7.03. The number of hydrogen-bond acceptors (Lipinski definition) is 6. The average molecular weight is 446 g/mol. The fourth-order valence-electron chi connectivity index (χ4n) is 3.12. The van der Waals surface area contributed by atoms with Gasteiger partial charge in [0.05, 0.1) is 19.5 Å². The van der Waals surface area contributed by atoms with Gasteiger partial charge in [-0.3, -0.25) is 4.79 Å². The van der Waals surface area contributed by atoms with Crippen molar-refractivity contribution in [2.24, 2.45) is 0 Å². The minimum absolute atomic E-state index is 0.155. The molecule has 0 spiro atoms. The number of carbonyl (C=O) groups is 2. The number of rotatable bonds is 12. The molecule has 2 unspecified atom stereocenters. The van der Waals surface area contributed by atoms with Gasteiger partial charge in [0.2, 0.25) is 5.91 Å². The highest BCUT2D eigenvalue weighted by atomic mass is 32.2. The van der Waals surface area contributed by atoms with Crippen LogP contribution in [0.5, 0.6) is 17.2 Å². The van der Waals surface area contributed by atoms with Crippen molar-refractivity contribution in [2.45, 2.75) is 43.9 Å². The second-order valence-corrected chi connectivity index (χ2v) is 8.01. The highest BCUT2D eigenvalue weighted by Crippen LogP contribution is 2.32. The molecule has 0 radical (unpaired) electrons. The Morgan fingerprint density at radius 1 is 0.903 bits per heavy atom. The summed E-state index contributed by atoms with van der Waals surface area (Å²) < 4.78 is 16.0. The zero-order chi connectivity index (χ0) is 22.6. The fraction of sp³-hybridized carbons (Fsp3) is 0.417. The highest BCUT2D eigenvalue weighted by molar-refractivity contribution is 7.98. The van der Waals surface area contributed by atoms with Gasteiger partial charge in [0.15, 0.2) is 0 Å². The molecule has 1 N–H and O–H groups in total. The average Bonchev–Trinajstić information content (AvgIpc) is 2.80. The Bertz CT molecular complexity index is 823. The third-order valence-electron chi connectivity index (χ3n) is 4.86. The third-order valence-corrected chi connectivity index (χ3v) is 5.91. The molecule has 1 amide bonds. The lowest BCUT2D eigenvalue weighted by Crippen LogP contribution is -2.46. The zero-order valence-electron chi connectivity index (χ0n) is 18.6. The first kappa shape index (κ1) is 24.6. The van der Waals surface area contributed by atoms with Gasteiger partial charge in [0, 0.05) is 6.42 Å². The summed E-state index contributed by atoms with van der Waals surface area (Å²) in [6.07, 6.45) is 5.07. The summed E-state index contributed by atoms with van der Waals surface area (Å²) in [6.45, 7) is 2.08. The van der Waals surface area contributed by atoms with Gasteiger partial charge in [0.1, 0.15) is 23.3 Å². The summed E-state index contributed by atoms with van der Waals surface area (Å²) in [6, 6.07) is 13.4. The monoisotopic (exact) mass is 445 g/mol. The highest BCUT2D eigenvalue weighted by Gasteiger charge is 2.32. The summed E-state index contributed by atoms with van der Waals surface area (Å²) in [7, 11) is 3.18. The van der Waals surface area contributed by atoms with Gasteiger partial charge in [-0.25, -0.2) is 4.79 Å². The summed E-state index contributed by atoms with van der Waals surface area (Å²) in [4.78, 5) is 25.7. The van der Waals surface area contributed by atoms with E-state index in [1.165, 1.54) is 11.8 Å². The molecule has 31 heavy (non-hydrogen) atoms. The third kappa shape index (κ3) is 7.51. The molecule has 2 atom stereocenters. The lowest BCUT2D eigenvalue weighted by atomic mass is 10.0. The van der Waals surface area contributed by atoms with Crippen LogP contribution in [-0.4, -0.2) is 38.4 Å². The predicted octanol–water partition coefficient (Wildman–Crippen LogP) is 4.78. The Hall–Kier alpha value is -2.67. The number of amides is 1. The van der Waals surface area contributed by atoms with E-state index in [1.807, 2.05) is 30.5 Å². The molecule has 0 saturated carbocycles. The maximum absolute atomic E-state index is 13.1. The number of thioether (sulfide) groups is 1. The molecule has 0 saturated heterocycles. The van der Waals surface area contributed by atoms with Crippen LogP contribution in [0.4, 0.5) is 0 Å². The number of hydrogen-bond donors (Lipinski definition) is 1. The molecule has 0 aliphatic carbocycles. The van der Waals surface area contributed by atoms with Crippen LogP contribution in [0.3, 0.4) is 0 Å². The molecule has 0 bridgehead atoms. The Kier molecular flexibility index (Phi) is 10.2. The van der Waals surface area contributed by atoms with Crippen LogP contribution >= 0.6 is 11.8 Å². The van der Waals surface area contributed by atoms with E-state index < -0.39 is 12.0 Å². The number of unbranched alkanes of at least 4 members (excludes halogenated alkanes) is 2. The lowest BCUT2D eigenvalue weighted by molar-refractivity contribution is -0.139. The molecule has 0 heterocycles. The fourth-order valence-corrected chi connectivity index (χ4v) is 4.00. The van der Waals surface area contributed by atoms with Crippen LogP contribution in [0.15, 0.2) is 48.5 Å². The van der Waals surface area contributed by atoms with Crippen molar-refractivity contribution >= 4 is 23.6 Å². The van der Waals surface area contributed by atoms with Gasteiger partial charge in [-0.15, -0.1) is 0 Å². The van der Waals surface area contributed by atoms with E-state index in [-0.39, 0.29) is 11.2 Å². The topological polar surface area (TPSA) is 73.9 Å². The Labute approximate surface area is 188 Å². The molecule has 0 fully saturated rings. The standard InChI is InChI=1S/C24H31NO5S/c1-5-6-7-8-21(26)25-22(23(31-4)17-9-11-18(28-2)12-10-17)24(27)30-20-15-13-19(29-3)14-16-20/h9-16,22-23H,5-8H2,1-4H3,(H,25,26). The van der Waals surface area contributed by atoms with Crippen molar-refractivity contribution in [2.75, 3.05) is 20.5 Å². The minimum Gasteiger partial charge on any atom is -0.497 e. The van der Waals surface area contributed by atoms with Crippen LogP contribution in [-0.2, 0) is 9.59 Å². The SMILES string of the molecule is CCCCCC(=O)NC(C(=O)Oc1ccc(OC)cc1)C(SC)c1ccc(OC)cc1. The molecule has 6 nitrogen and oxygen atoms in total. The summed E-state index contributed by atoms with van der Waals surface area (Å²) >= 11 is 1.48. The van der Waals surface area contributed by atoms with Gasteiger partial charge in [0.25, 0.3) is 0 Å². The zero-order valence-corrected chi connectivity index (χ0v) is 19.4. The minimum atomic E-state index is -0.834. The Morgan fingerprint density at radius 3 is 1.97 bits per heavy atom. The van der Waals surface area contributed by atoms with E-state index in [1.54, 1.807) is 38.5 Å². The number of nitrogens with one attached hydrogen (secondary N) is 1. The molecular formula is C24H31NO5S. The van der Waals surface area contributed by atoms with Crippen LogP contribution < -0.4 is 19.5 Å². The first-order valence-corrected chi connectivity index (χ1v) is 11.6. The van der Waals surface area contributed by atoms with E-state index >= 15 is 0 Å². The van der Waals surface area contributed by atoms with Crippen LogP contribution in [0.1, 0.15) is 43.4 Å². The molecule has 2 aromatic carbocycles. The van der Waals surface area contributed by atoms with Gasteiger partial charge in [-0.2, -0.15) is 11.8 Å². The van der Waals surface area contributed by atoms with Crippen molar-refractivity contribution in [1.82, 2.24) is 5.32 Å².